The average molecular weight is 265 g/mol. The van der Waals surface area contributed by atoms with Crippen LogP contribution in [-0.4, -0.2) is 56.8 Å². The highest BCUT2D eigenvalue weighted by Gasteiger charge is 2.26. The minimum atomic E-state index is -3.30. The van der Waals surface area contributed by atoms with Gasteiger partial charge in [-0.25, -0.2) is 0 Å². The Morgan fingerprint density at radius 2 is 1.82 bits per heavy atom. The number of rotatable bonds is 9. The summed E-state index contributed by atoms with van der Waals surface area (Å²) in [7, 11) is -0.0164. The minimum Gasteiger partial charge on any atom is -0.317 e. The summed E-state index contributed by atoms with van der Waals surface area (Å²) < 4.78 is 27.1. The Kier molecular flexibility index (Phi) is 7.94. The molecule has 0 bridgehead atoms. The maximum Gasteiger partial charge on any atom is 0.281 e. The maximum absolute atomic E-state index is 12.1. The normalized spacial score (nSPS) is 14.5. The Morgan fingerprint density at radius 1 is 1.24 bits per heavy atom. The molecule has 0 aromatic rings. The molecule has 17 heavy (non-hydrogen) atoms. The average Bonchev–Trinajstić information content (AvgIpc) is 2.32. The summed E-state index contributed by atoms with van der Waals surface area (Å²) >= 11 is 0. The van der Waals surface area contributed by atoms with Crippen molar-refractivity contribution in [3.05, 3.63) is 0 Å². The van der Waals surface area contributed by atoms with Crippen LogP contribution in [-0.2, 0) is 10.2 Å². The highest BCUT2D eigenvalue weighted by molar-refractivity contribution is 7.86. The predicted octanol–water partition coefficient (Wildman–Crippen LogP) is 0.893. The first kappa shape index (κ1) is 16.8. The lowest BCUT2D eigenvalue weighted by atomic mass is 10.3. The van der Waals surface area contributed by atoms with Gasteiger partial charge in [-0.3, -0.25) is 0 Å². The Labute approximate surface area is 106 Å². The van der Waals surface area contributed by atoms with Gasteiger partial charge in [-0.1, -0.05) is 13.8 Å². The molecule has 0 aliphatic carbocycles. The van der Waals surface area contributed by atoms with Crippen molar-refractivity contribution in [3.8, 4) is 0 Å². The molecule has 0 saturated heterocycles. The third-order valence-corrected chi connectivity index (χ3v) is 5.10. The zero-order valence-corrected chi connectivity index (χ0v) is 12.5. The lowest BCUT2D eigenvalue weighted by Gasteiger charge is -2.28. The van der Waals surface area contributed by atoms with E-state index in [2.05, 4.69) is 5.32 Å². The van der Waals surface area contributed by atoms with Crippen LogP contribution in [0.3, 0.4) is 0 Å². The van der Waals surface area contributed by atoms with Gasteiger partial charge in [0.15, 0.2) is 0 Å². The van der Waals surface area contributed by atoms with Crippen LogP contribution >= 0.6 is 0 Å². The van der Waals surface area contributed by atoms with E-state index in [4.69, 9.17) is 0 Å². The summed E-state index contributed by atoms with van der Waals surface area (Å²) in [6.45, 7) is 8.27. The maximum atomic E-state index is 12.1. The molecule has 0 aromatic carbocycles. The molecule has 1 unspecified atom stereocenters. The molecule has 0 rings (SSSR count). The van der Waals surface area contributed by atoms with E-state index >= 15 is 0 Å². The highest BCUT2D eigenvalue weighted by Crippen LogP contribution is 2.10. The third kappa shape index (κ3) is 5.33. The monoisotopic (exact) mass is 265 g/mol. The van der Waals surface area contributed by atoms with Crippen LogP contribution < -0.4 is 5.32 Å². The number of hydrogen-bond acceptors (Lipinski definition) is 3. The number of hydrogen-bond donors (Lipinski definition) is 1. The van der Waals surface area contributed by atoms with E-state index in [1.54, 1.807) is 14.1 Å². The van der Waals surface area contributed by atoms with Crippen molar-refractivity contribution >= 4 is 10.2 Å². The summed E-state index contributed by atoms with van der Waals surface area (Å²) in [5.41, 5.74) is 0. The fraction of sp³-hybridized carbons (Fsp3) is 1.00. The summed E-state index contributed by atoms with van der Waals surface area (Å²) in [6.07, 6.45) is 1.65. The second kappa shape index (κ2) is 8.02. The topological polar surface area (TPSA) is 52.7 Å². The third-order valence-electron chi connectivity index (χ3n) is 3.05. The first-order chi connectivity index (χ1) is 7.87. The first-order valence-electron chi connectivity index (χ1n) is 6.27. The summed E-state index contributed by atoms with van der Waals surface area (Å²) in [6, 6.07) is 0.0382. The van der Waals surface area contributed by atoms with Crippen LogP contribution in [0.4, 0.5) is 0 Å². The molecule has 5 nitrogen and oxygen atoms in total. The fourth-order valence-electron chi connectivity index (χ4n) is 1.42. The Hall–Kier alpha value is -0.170. The molecular weight excluding hydrogens is 238 g/mol. The van der Waals surface area contributed by atoms with Crippen molar-refractivity contribution in [2.24, 2.45) is 0 Å². The first-order valence-corrected chi connectivity index (χ1v) is 7.67. The molecule has 0 aliphatic rings. The van der Waals surface area contributed by atoms with Crippen molar-refractivity contribution in [2.75, 3.05) is 33.7 Å². The molecule has 0 amide bonds. The van der Waals surface area contributed by atoms with E-state index in [9.17, 15) is 8.42 Å². The van der Waals surface area contributed by atoms with Crippen LogP contribution in [0.15, 0.2) is 0 Å². The fourth-order valence-corrected chi connectivity index (χ4v) is 2.83. The zero-order valence-electron chi connectivity index (χ0n) is 11.7. The van der Waals surface area contributed by atoms with Gasteiger partial charge in [0.2, 0.25) is 0 Å². The minimum absolute atomic E-state index is 0.0382. The molecule has 0 fully saturated rings. The Balaban J connectivity index is 4.29. The van der Waals surface area contributed by atoms with Crippen LogP contribution in [0.5, 0.6) is 0 Å². The van der Waals surface area contributed by atoms with Crippen molar-refractivity contribution < 1.29 is 8.42 Å². The molecule has 6 heteroatoms. The quantitative estimate of drug-likeness (QED) is 0.630. The van der Waals surface area contributed by atoms with Gasteiger partial charge in [0, 0.05) is 26.7 Å². The number of nitrogens with zero attached hydrogens (tertiary/aromatic N) is 2. The second-order valence-electron chi connectivity index (χ2n) is 4.31. The molecule has 104 valence electrons. The van der Waals surface area contributed by atoms with E-state index in [0.717, 1.165) is 25.9 Å². The highest BCUT2D eigenvalue weighted by atomic mass is 32.2. The van der Waals surface area contributed by atoms with Gasteiger partial charge in [0.1, 0.15) is 0 Å². The van der Waals surface area contributed by atoms with E-state index in [1.807, 2.05) is 20.8 Å². The van der Waals surface area contributed by atoms with Crippen LogP contribution in [0.1, 0.15) is 33.6 Å². The van der Waals surface area contributed by atoms with Gasteiger partial charge in [-0.05, 0) is 32.9 Å². The molecule has 0 saturated carbocycles. The number of nitrogens with one attached hydrogen (secondary N) is 1. The van der Waals surface area contributed by atoms with E-state index < -0.39 is 10.2 Å². The van der Waals surface area contributed by atoms with E-state index in [0.29, 0.717) is 6.54 Å². The largest absolute Gasteiger partial charge is 0.317 e. The summed E-state index contributed by atoms with van der Waals surface area (Å²) in [5, 5.41) is 3.18. The van der Waals surface area contributed by atoms with Crippen molar-refractivity contribution in [1.29, 1.82) is 0 Å². The lowest BCUT2D eigenvalue weighted by Crippen LogP contribution is -2.44. The molecular formula is C11H27N3O2S. The molecule has 0 radical (unpaired) electrons. The molecule has 0 aromatic heterocycles. The molecule has 1 N–H and O–H groups in total. The Bertz CT molecular complexity index is 293. The standard InChI is InChI=1S/C11H27N3O2S/c1-6-11(3)14(5)17(15,16)13(4)10-8-9-12-7-2/h11-12H,6-10H2,1-5H3. The van der Waals surface area contributed by atoms with Crippen LogP contribution in [0.2, 0.25) is 0 Å². The van der Waals surface area contributed by atoms with Gasteiger partial charge in [0.05, 0.1) is 0 Å². The van der Waals surface area contributed by atoms with Gasteiger partial charge < -0.3 is 5.32 Å². The summed E-state index contributed by atoms with van der Waals surface area (Å²) in [4.78, 5) is 0. The Morgan fingerprint density at radius 3 is 2.29 bits per heavy atom. The SMILES string of the molecule is CCNCCCN(C)S(=O)(=O)N(C)C(C)CC. The lowest BCUT2D eigenvalue weighted by molar-refractivity contribution is 0.337. The molecule has 1 atom stereocenters. The predicted molar refractivity (Wildman–Crippen MR) is 72.2 cm³/mol. The van der Waals surface area contributed by atoms with Gasteiger partial charge in [-0.15, -0.1) is 0 Å². The van der Waals surface area contributed by atoms with E-state index in [1.165, 1.54) is 8.61 Å². The van der Waals surface area contributed by atoms with Gasteiger partial charge >= 0.3 is 0 Å². The summed E-state index contributed by atoms with van der Waals surface area (Å²) in [5.74, 6) is 0. The van der Waals surface area contributed by atoms with Crippen molar-refractivity contribution in [2.45, 2.75) is 39.7 Å². The van der Waals surface area contributed by atoms with E-state index in [-0.39, 0.29) is 6.04 Å². The van der Waals surface area contributed by atoms with Crippen molar-refractivity contribution in [1.82, 2.24) is 13.9 Å². The zero-order chi connectivity index (χ0) is 13.5. The molecule has 0 heterocycles. The second-order valence-corrected chi connectivity index (χ2v) is 6.40. The van der Waals surface area contributed by atoms with Crippen LogP contribution in [0, 0.1) is 0 Å². The molecule has 0 spiro atoms. The smallest absolute Gasteiger partial charge is 0.281 e. The van der Waals surface area contributed by atoms with Crippen LogP contribution in [0.25, 0.3) is 0 Å². The van der Waals surface area contributed by atoms with Crippen molar-refractivity contribution in [3.63, 3.8) is 0 Å². The van der Waals surface area contributed by atoms with Gasteiger partial charge in [0.25, 0.3) is 10.2 Å². The molecule has 0 aliphatic heterocycles. The van der Waals surface area contributed by atoms with Gasteiger partial charge in [-0.2, -0.15) is 17.0 Å².